The minimum Gasteiger partial charge on any atom is -0.356 e. The van der Waals surface area contributed by atoms with Gasteiger partial charge in [-0.1, -0.05) is 6.92 Å². The van der Waals surface area contributed by atoms with Crippen LogP contribution in [0.5, 0.6) is 0 Å². The van der Waals surface area contributed by atoms with Crippen LogP contribution in [0.25, 0.3) is 0 Å². The third-order valence-corrected chi connectivity index (χ3v) is 5.43. The number of hydrogen-bond donors (Lipinski definition) is 2. The molecule has 3 amide bonds. The van der Waals surface area contributed by atoms with Gasteiger partial charge < -0.3 is 15.5 Å². The van der Waals surface area contributed by atoms with Crippen LogP contribution in [0.15, 0.2) is 6.07 Å². The summed E-state index contributed by atoms with van der Waals surface area (Å²) in [6, 6.07) is 0.799. The van der Waals surface area contributed by atoms with Crippen LogP contribution in [0, 0.1) is 11.3 Å². The van der Waals surface area contributed by atoms with E-state index >= 15 is 0 Å². The predicted octanol–water partition coefficient (Wildman–Crippen LogP) is 1.53. The zero-order valence-corrected chi connectivity index (χ0v) is 16.3. The maximum atomic E-state index is 12.7. The van der Waals surface area contributed by atoms with Crippen molar-refractivity contribution in [3.8, 4) is 0 Å². The first-order valence-corrected chi connectivity index (χ1v) is 9.52. The van der Waals surface area contributed by atoms with E-state index < -0.39 is 11.9 Å². The quantitative estimate of drug-likeness (QED) is 0.706. The first-order chi connectivity index (χ1) is 13.6. The smallest absolute Gasteiger partial charge is 0.356 e. The average Bonchev–Trinajstić information content (AvgIpc) is 3.27. The van der Waals surface area contributed by atoms with E-state index in [0.717, 1.165) is 17.2 Å². The van der Waals surface area contributed by atoms with Crippen molar-refractivity contribution in [3.05, 3.63) is 11.8 Å². The van der Waals surface area contributed by atoms with Gasteiger partial charge in [-0.15, -0.1) is 0 Å². The largest absolute Gasteiger partial charge is 0.435 e. The maximum absolute atomic E-state index is 12.7. The molecule has 3 rings (SSSR count). The Kier molecular flexibility index (Phi) is 5.59. The van der Waals surface area contributed by atoms with Crippen molar-refractivity contribution in [3.63, 3.8) is 0 Å². The van der Waals surface area contributed by atoms with Gasteiger partial charge in [0.15, 0.2) is 5.69 Å². The maximum Gasteiger partial charge on any atom is 0.435 e. The van der Waals surface area contributed by atoms with Crippen molar-refractivity contribution in [2.24, 2.45) is 18.4 Å². The van der Waals surface area contributed by atoms with Crippen LogP contribution in [0.1, 0.15) is 38.3 Å². The second kappa shape index (κ2) is 7.68. The Morgan fingerprint density at radius 1 is 1.28 bits per heavy atom. The normalized spacial score (nSPS) is 19.6. The van der Waals surface area contributed by atoms with Gasteiger partial charge in [0.2, 0.25) is 17.7 Å². The first-order valence-electron chi connectivity index (χ1n) is 9.52. The van der Waals surface area contributed by atoms with Crippen molar-refractivity contribution >= 4 is 23.5 Å². The molecule has 0 aromatic carbocycles. The van der Waals surface area contributed by atoms with Crippen LogP contribution in [0.2, 0.25) is 0 Å². The Morgan fingerprint density at radius 2 is 1.97 bits per heavy atom. The van der Waals surface area contributed by atoms with Gasteiger partial charge in [-0.2, -0.15) is 18.3 Å². The number of alkyl halides is 3. The van der Waals surface area contributed by atoms with E-state index in [9.17, 15) is 27.6 Å². The molecule has 1 unspecified atom stereocenters. The highest BCUT2D eigenvalue weighted by molar-refractivity contribution is 5.95. The number of anilines is 1. The van der Waals surface area contributed by atoms with Gasteiger partial charge in [0, 0.05) is 56.9 Å². The highest BCUT2D eigenvalue weighted by atomic mass is 19.4. The molecule has 8 nitrogen and oxygen atoms in total. The average molecular weight is 415 g/mol. The number of carbonyl (C=O) groups is 3. The lowest BCUT2D eigenvalue weighted by Crippen LogP contribution is -2.53. The number of carbonyl (C=O) groups excluding carboxylic acids is 3. The number of nitrogens with zero attached hydrogens (tertiary/aromatic N) is 3. The molecule has 2 N–H and O–H groups in total. The van der Waals surface area contributed by atoms with Crippen LogP contribution in [0.3, 0.4) is 0 Å². The first kappa shape index (κ1) is 21.1. The van der Waals surface area contributed by atoms with Gasteiger partial charge in [0.05, 0.1) is 0 Å². The molecule has 1 saturated heterocycles. The van der Waals surface area contributed by atoms with Crippen LogP contribution in [-0.4, -0.2) is 52.0 Å². The Balaban J connectivity index is 1.45. The fourth-order valence-electron chi connectivity index (χ4n) is 3.63. The third kappa shape index (κ3) is 4.54. The number of aromatic nitrogens is 2. The SMILES string of the molecule is CCCNC(=O)CCC(=O)N1CC2(CC2C(=O)Nc2cc(C(F)(F)F)nn2C)C1. The summed E-state index contributed by atoms with van der Waals surface area (Å²) in [7, 11) is 1.33. The Hall–Kier alpha value is -2.59. The molecule has 1 aromatic rings. The summed E-state index contributed by atoms with van der Waals surface area (Å²) < 4.78 is 39.1. The number of aryl methyl sites for hydroxylation is 1. The van der Waals surface area contributed by atoms with Crippen LogP contribution < -0.4 is 10.6 Å². The predicted molar refractivity (Wildman–Crippen MR) is 96.5 cm³/mol. The molecule has 2 fully saturated rings. The van der Waals surface area contributed by atoms with Gasteiger partial charge in [-0.25, -0.2) is 0 Å². The van der Waals surface area contributed by atoms with E-state index in [0.29, 0.717) is 26.1 Å². The van der Waals surface area contributed by atoms with E-state index in [2.05, 4.69) is 15.7 Å². The van der Waals surface area contributed by atoms with Gasteiger partial charge in [-0.05, 0) is 12.8 Å². The molecule has 29 heavy (non-hydrogen) atoms. The summed E-state index contributed by atoms with van der Waals surface area (Å²) in [4.78, 5) is 37.7. The number of likely N-dealkylation sites (tertiary alicyclic amines) is 1. The molecule has 1 aliphatic heterocycles. The van der Waals surface area contributed by atoms with Gasteiger partial charge in [0.25, 0.3) is 0 Å². The lowest BCUT2D eigenvalue weighted by Gasteiger charge is -2.40. The molecule has 2 aliphatic rings. The molecule has 1 saturated carbocycles. The lowest BCUT2D eigenvalue weighted by molar-refractivity contribution is -0.141. The third-order valence-electron chi connectivity index (χ3n) is 5.43. The van der Waals surface area contributed by atoms with E-state index in [1.54, 1.807) is 4.90 Å². The van der Waals surface area contributed by atoms with Gasteiger partial charge in [-0.3, -0.25) is 19.1 Å². The van der Waals surface area contributed by atoms with Crippen molar-refractivity contribution in [2.45, 2.75) is 38.8 Å². The summed E-state index contributed by atoms with van der Waals surface area (Å²) in [6.45, 7) is 3.38. The second-order valence-corrected chi connectivity index (χ2v) is 7.74. The van der Waals surface area contributed by atoms with E-state index in [1.807, 2.05) is 6.92 Å². The van der Waals surface area contributed by atoms with Gasteiger partial charge >= 0.3 is 6.18 Å². The van der Waals surface area contributed by atoms with Crippen molar-refractivity contribution < 1.29 is 27.6 Å². The molecular weight excluding hydrogens is 391 g/mol. The minimum atomic E-state index is -4.58. The van der Waals surface area contributed by atoms with Crippen molar-refractivity contribution in [1.82, 2.24) is 20.0 Å². The fraction of sp³-hybridized carbons (Fsp3) is 0.667. The zero-order chi connectivity index (χ0) is 21.4. The summed E-state index contributed by atoms with van der Waals surface area (Å²) in [5.74, 6) is -1.02. The molecule has 160 valence electrons. The Bertz CT molecular complexity index is 814. The molecule has 1 atom stereocenters. The lowest BCUT2D eigenvalue weighted by atomic mass is 9.92. The van der Waals surface area contributed by atoms with Crippen LogP contribution >= 0.6 is 0 Å². The van der Waals surface area contributed by atoms with Crippen molar-refractivity contribution in [1.29, 1.82) is 0 Å². The highest BCUT2D eigenvalue weighted by Crippen LogP contribution is 2.59. The highest BCUT2D eigenvalue weighted by Gasteiger charge is 2.65. The minimum absolute atomic E-state index is 0.0188. The molecule has 0 radical (unpaired) electrons. The number of rotatable bonds is 7. The molecule has 1 aromatic heterocycles. The van der Waals surface area contributed by atoms with E-state index in [-0.39, 0.29) is 47.7 Å². The topological polar surface area (TPSA) is 96.3 Å². The summed E-state index contributed by atoms with van der Waals surface area (Å²) in [6.07, 6.45) is -2.91. The summed E-state index contributed by atoms with van der Waals surface area (Å²) in [5, 5.41) is 8.57. The molecule has 2 heterocycles. The van der Waals surface area contributed by atoms with E-state index in [4.69, 9.17) is 0 Å². The Labute approximate surface area is 165 Å². The summed E-state index contributed by atoms with van der Waals surface area (Å²) in [5.41, 5.74) is -1.36. The van der Waals surface area contributed by atoms with Crippen LogP contribution in [0.4, 0.5) is 19.0 Å². The Morgan fingerprint density at radius 3 is 2.55 bits per heavy atom. The van der Waals surface area contributed by atoms with Gasteiger partial charge in [0.1, 0.15) is 5.82 Å². The summed E-state index contributed by atoms with van der Waals surface area (Å²) >= 11 is 0. The van der Waals surface area contributed by atoms with E-state index in [1.165, 1.54) is 7.05 Å². The second-order valence-electron chi connectivity index (χ2n) is 7.74. The zero-order valence-electron chi connectivity index (χ0n) is 16.3. The molecule has 1 spiro atoms. The molecule has 11 heteroatoms. The standard InChI is InChI=1S/C18H24F3N5O3/c1-3-6-22-14(27)4-5-15(28)26-9-17(10-26)8-11(17)16(29)23-13-7-12(18(19,20)21)24-25(13)2/h7,11H,3-6,8-10H2,1-2H3,(H,22,27)(H,23,29). The number of amides is 3. The molecule has 1 aliphatic carbocycles. The monoisotopic (exact) mass is 415 g/mol. The van der Waals surface area contributed by atoms with Crippen LogP contribution in [-0.2, 0) is 27.6 Å². The number of nitrogens with one attached hydrogen (secondary N) is 2. The molecular formula is C18H24F3N5O3. The number of halogens is 3. The fourth-order valence-corrected chi connectivity index (χ4v) is 3.63. The number of hydrogen-bond acceptors (Lipinski definition) is 4. The molecule has 0 bridgehead atoms. The van der Waals surface area contributed by atoms with Crippen molar-refractivity contribution in [2.75, 3.05) is 25.0 Å².